The Hall–Kier alpha value is -2.33. The number of amides is 1. The molecule has 1 amide bonds. The molecule has 0 saturated carbocycles. The molecule has 1 heterocycles. The molecule has 0 aliphatic rings. The third kappa shape index (κ3) is 4.59. The smallest absolute Gasteiger partial charge is 0.240 e. The van der Waals surface area contributed by atoms with Crippen molar-refractivity contribution in [1.29, 1.82) is 0 Å². The number of carbonyl (C=O) groups is 1. The Labute approximate surface area is 140 Å². The summed E-state index contributed by atoms with van der Waals surface area (Å²) < 4.78 is 28.7. The lowest BCUT2D eigenvalue weighted by Crippen LogP contribution is -2.27. The maximum atomic E-state index is 12.3. The molecule has 24 heavy (non-hydrogen) atoms. The summed E-state index contributed by atoms with van der Waals surface area (Å²) in [6.45, 7) is 5.46. The van der Waals surface area contributed by atoms with Gasteiger partial charge in [0.2, 0.25) is 15.9 Å². The molecule has 9 nitrogen and oxygen atoms in total. The molecule has 2 aromatic rings. The van der Waals surface area contributed by atoms with Crippen LogP contribution in [0.1, 0.15) is 32.6 Å². The first-order valence-corrected chi connectivity index (χ1v) is 8.92. The molecule has 0 fully saturated rings. The van der Waals surface area contributed by atoms with Crippen LogP contribution in [0.2, 0.25) is 0 Å². The Kier molecular flexibility index (Phi) is 5.62. The van der Waals surface area contributed by atoms with Gasteiger partial charge in [-0.05, 0) is 48.5 Å². The van der Waals surface area contributed by atoms with Crippen LogP contribution in [-0.4, -0.2) is 41.1 Å². The van der Waals surface area contributed by atoms with Crippen molar-refractivity contribution in [2.75, 3.05) is 11.9 Å². The second-order valence-corrected chi connectivity index (χ2v) is 7.25. The van der Waals surface area contributed by atoms with Crippen molar-refractivity contribution in [3.05, 3.63) is 30.1 Å². The summed E-state index contributed by atoms with van der Waals surface area (Å²) in [6.07, 6.45) is 0.383. The predicted molar refractivity (Wildman–Crippen MR) is 87.8 cm³/mol. The lowest BCUT2D eigenvalue weighted by Gasteiger charge is -2.09. The Morgan fingerprint density at radius 3 is 2.50 bits per heavy atom. The number of nitrogens with one attached hydrogen (secondary N) is 2. The van der Waals surface area contributed by atoms with Gasteiger partial charge in [-0.25, -0.2) is 17.8 Å². The van der Waals surface area contributed by atoms with Crippen molar-refractivity contribution >= 4 is 21.6 Å². The summed E-state index contributed by atoms with van der Waals surface area (Å²) in [5.74, 6) is 0.403. The van der Waals surface area contributed by atoms with E-state index in [0.717, 1.165) is 0 Å². The average Bonchev–Trinajstić information content (AvgIpc) is 2.95. The Bertz CT molecular complexity index is 798. The third-order valence-corrected chi connectivity index (χ3v) is 4.65. The summed E-state index contributed by atoms with van der Waals surface area (Å²) in [5, 5.41) is 13.9. The molecule has 0 aliphatic heterocycles. The van der Waals surface area contributed by atoms with E-state index in [1.165, 1.54) is 31.2 Å². The fourth-order valence-electron chi connectivity index (χ4n) is 2.08. The molecule has 0 unspecified atom stereocenters. The zero-order chi connectivity index (χ0) is 17.7. The Morgan fingerprint density at radius 1 is 1.25 bits per heavy atom. The normalized spacial score (nSPS) is 11.7. The minimum absolute atomic E-state index is 0.105. The number of hydrogen-bond donors (Lipinski definition) is 2. The van der Waals surface area contributed by atoms with Gasteiger partial charge in [-0.2, -0.15) is 0 Å². The summed E-state index contributed by atoms with van der Waals surface area (Å²) >= 11 is 0. The van der Waals surface area contributed by atoms with Crippen LogP contribution < -0.4 is 10.0 Å². The minimum atomic E-state index is -3.63. The van der Waals surface area contributed by atoms with Crippen molar-refractivity contribution < 1.29 is 13.2 Å². The molecule has 0 saturated heterocycles. The van der Waals surface area contributed by atoms with Gasteiger partial charge >= 0.3 is 0 Å². The zero-order valence-electron chi connectivity index (χ0n) is 13.7. The quantitative estimate of drug-likeness (QED) is 0.758. The predicted octanol–water partition coefficient (Wildman–Crippen LogP) is 0.733. The van der Waals surface area contributed by atoms with Crippen LogP contribution in [0, 0.1) is 0 Å². The lowest BCUT2D eigenvalue weighted by molar-refractivity contribution is -0.114. The van der Waals surface area contributed by atoms with E-state index in [9.17, 15) is 13.2 Å². The van der Waals surface area contributed by atoms with Crippen LogP contribution in [0.25, 0.3) is 0 Å². The number of anilines is 1. The first kappa shape index (κ1) is 18.0. The standard InChI is InChI=1S/C14H20N6O3S/c1-10(2)20-14(17-18-19-20)8-9-15-24(22,23)13-6-4-12(5-7-13)16-11(3)21/h4-7,10,15H,8-9H2,1-3H3,(H,16,21). The molecular formula is C14H20N6O3S. The molecule has 0 radical (unpaired) electrons. The highest BCUT2D eigenvalue weighted by Crippen LogP contribution is 2.14. The summed E-state index contributed by atoms with van der Waals surface area (Å²) in [4.78, 5) is 11.1. The first-order chi connectivity index (χ1) is 11.3. The largest absolute Gasteiger partial charge is 0.326 e. The minimum Gasteiger partial charge on any atom is -0.326 e. The van der Waals surface area contributed by atoms with Crippen molar-refractivity contribution in [3.8, 4) is 0 Å². The summed E-state index contributed by atoms with van der Waals surface area (Å²) in [6, 6.07) is 6.05. The van der Waals surface area contributed by atoms with E-state index in [1.807, 2.05) is 13.8 Å². The van der Waals surface area contributed by atoms with Gasteiger partial charge in [-0.1, -0.05) is 0 Å². The first-order valence-electron chi connectivity index (χ1n) is 7.43. The van der Waals surface area contributed by atoms with E-state index < -0.39 is 10.0 Å². The maximum Gasteiger partial charge on any atom is 0.240 e. The van der Waals surface area contributed by atoms with Crippen molar-refractivity contribution in [1.82, 2.24) is 24.9 Å². The van der Waals surface area contributed by atoms with Gasteiger partial charge in [0.15, 0.2) is 5.82 Å². The Morgan fingerprint density at radius 2 is 1.92 bits per heavy atom. The molecule has 2 rings (SSSR count). The fraction of sp³-hybridized carbons (Fsp3) is 0.429. The fourth-order valence-corrected chi connectivity index (χ4v) is 3.11. The molecule has 130 valence electrons. The van der Waals surface area contributed by atoms with E-state index >= 15 is 0 Å². The SMILES string of the molecule is CC(=O)Nc1ccc(S(=O)(=O)NCCc2nnnn2C(C)C)cc1. The van der Waals surface area contributed by atoms with Gasteiger partial charge in [-0.3, -0.25) is 4.79 Å². The van der Waals surface area contributed by atoms with E-state index in [0.29, 0.717) is 17.9 Å². The summed E-state index contributed by atoms with van der Waals surface area (Å²) in [7, 11) is -3.63. The highest BCUT2D eigenvalue weighted by molar-refractivity contribution is 7.89. The molecule has 1 aromatic heterocycles. The van der Waals surface area contributed by atoms with Gasteiger partial charge in [0, 0.05) is 25.6 Å². The molecule has 1 aromatic carbocycles. The topological polar surface area (TPSA) is 119 Å². The third-order valence-electron chi connectivity index (χ3n) is 3.18. The number of nitrogens with zero attached hydrogens (tertiary/aromatic N) is 4. The molecule has 0 aliphatic carbocycles. The molecule has 0 spiro atoms. The maximum absolute atomic E-state index is 12.3. The molecule has 0 atom stereocenters. The van der Waals surface area contributed by atoms with E-state index in [-0.39, 0.29) is 23.4 Å². The van der Waals surface area contributed by atoms with Crippen molar-refractivity contribution in [3.63, 3.8) is 0 Å². The van der Waals surface area contributed by atoms with E-state index in [2.05, 4.69) is 25.6 Å². The van der Waals surface area contributed by atoms with Gasteiger partial charge in [0.05, 0.1) is 10.9 Å². The molecule has 2 N–H and O–H groups in total. The van der Waals surface area contributed by atoms with Crippen molar-refractivity contribution in [2.45, 2.75) is 38.1 Å². The monoisotopic (exact) mass is 352 g/mol. The number of rotatable bonds is 7. The number of carbonyl (C=O) groups excluding carboxylic acids is 1. The van der Waals surface area contributed by atoms with Crippen LogP contribution in [-0.2, 0) is 21.2 Å². The van der Waals surface area contributed by atoms with Crippen LogP contribution in [0.5, 0.6) is 0 Å². The van der Waals surface area contributed by atoms with Crippen LogP contribution >= 0.6 is 0 Å². The van der Waals surface area contributed by atoms with Gasteiger partial charge in [0.1, 0.15) is 0 Å². The molecule has 10 heteroatoms. The Balaban J connectivity index is 1.98. The van der Waals surface area contributed by atoms with E-state index in [1.54, 1.807) is 4.68 Å². The molecular weight excluding hydrogens is 332 g/mol. The van der Waals surface area contributed by atoms with Crippen molar-refractivity contribution in [2.24, 2.45) is 0 Å². The van der Waals surface area contributed by atoms with Gasteiger partial charge in [0.25, 0.3) is 0 Å². The zero-order valence-corrected chi connectivity index (χ0v) is 14.5. The van der Waals surface area contributed by atoms with E-state index in [4.69, 9.17) is 0 Å². The number of tetrazole rings is 1. The number of benzene rings is 1. The van der Waals surface area contributed by atoms with Gasteiger partial charge < -0.3 is 5.32 Å². The second-order valence-electron chi connectivity index (χ2n) is 5.49. The number of hydrogen-bond acceptors (Lipinski definition) is 6. The van der Waals surface area contributed by atoms with Crippen LogP contribution in [0.3, 0.4) is 0 Å². The number of sulfonamides is 1. The average molecular weight is 352 g/mol. The van der Waals surface area contributed by atoms with Crippen LogP contribution in [0.4, 0.5) is 5.69 Å². The lowest BCUT2D eigenvalue weighted by atomic mass is 10.3. The number of aromatic nitrogens is 4. The van der Waals surface area contributed by atoms with Gasteiger partial charge in [-0.15, -0.1) is 5.10 Å². The highest BCUT2D eigenvalue weighted by atomic mass is 32.2. The van der Waals surface area contributed by atoms with Crippen LogP contribution in [0.15, 0.2) is 29.2 Å². The highest BCUT2D eigenvalue weighted by Gasteiger charge is 2.15. The second kappa shape index (κ2) is 7.49. The molecule has 0 bridgehead atoms. The summed E-state index contributed by atoms with van der Waals surface area (Å²) in [5.41, 5.74) is 0.539.